The number of hydrazine groups is 1. The molecule has 1 aromatic heterocycles. The van der Waals surface area contributed by atoms with Crippen molar-refractivity contribution in [2.24, 2.45) is 11.8 Å². The van der Waals surface area contributed by atoms with Gasteiger partial charge in [-0.3, -0.25) is 0 Å². The van der Waals surface area contributed by atoms with Gasteiger partial charge in [-0.05, 0) is 32.1 Å². The van der Waals surface area contributed by atoms with Crippen molar-refractivity contribution in [2.45, 2.75) is 57.4 Å². The summed E-state index contributed by atoms with van der Waals surface area (Å²) in [6.07, 6.45) is 7.50. The maximum Gasteiger partial charge on any atom is 0.147 e. The molecule has 1 aliphatic carbocycles. The van der Waals surface area contributed by atoms with E-state index in [1.165, 1.54) is 31.4 Å². The van der Waals surface area contributed by atoms with Crippen molar-refractivity contribution in [1.82, 2.24) is 9.97 Å². The number of nitrogens with two attached hydrogens (primary N) is 1. The Kier molecular flexibility index (Phi) is 5.45. The lowest BCUT2D eigenvalue weighted by Gasteiger charge is -2.13. The highest BCUT2D eigenvalue weighted by molar-refractivity contribution is 7.99. The van der Waals surface area contributed by atoms with Crippen molar-refractivity contribution in [3.05, 3.63) is 11.4 Å². The smallest absolute Gasteiger partial charge is 0.147 e. The molecule has 106 valence electrons. The number of hydrogen-bond donors (Lipinski definition) is 2. The van der Waals surface area contributed by atoms with E-state index in [0.29, 0.717) is 0 Å². The van der Waals surface area contributed by atoms with Crippen molar-refractivity contribution in [2.75, 3.05) is 11.2 Å². The van der Waals surface area contributed by atoms with Gasteiger partial charge in [0.05, 0.1) is 0 Å². The Labute approximate surface area is 119 Å². The number of nitrogen functional groups attached to an aromatic ring is 1. The van der Waals surface area contributed by atoms with Gasteiger partial charge in [-0.15, -0.1) is 11.8 Å². The van der Waals surface area contributed by atoms with Gasteiger partial charge in [-0.1, -0.05) is 19.8 Å². The van der Waals surface area contributed by atoms with Crippen LogP contribution in [0.25, 0.3) is 0 Å². The topological polar surface area (TPSA) is 63.8 Å². The third-order valence-corrected chi connectivity index (χ3v) is 5.00. The predicted molar refractivity (Wildman–Crippen MR) is 81.3 cm³/mol. The van der Waals surface area contributed by atoms with Gasteiger partial charge in [0.15, 0.2) is 0 Å². The first-order chi connectivity index (χ1) is 9.24. The molecule has 4 nitrogen and oxygen atoms in total. The number of nitrogens with one attached hydrogen (secondary N) is 1. The zero-order chi connectivity index (χ0) is 13.7. The molecule has 1 aliphatic rings. The Bertz CT molecular complexity index is 416. The zero-order valence-electron chi connectivity index (χ0n) is 11.9. The third-order valence-electron chi connectivity index (χ3n) is 3.69. The third kappa shape index (κ3) is 3.83. The van der Waals surface area contributed by atoms with Crippen LogP contribution in [0.3, 0.4) is 0 Å². The molecule has 1 aromatic rings. The molecule has 0 unspecified atom stereocenters. The molecule has 0 spiro atoms. The standard InChI is InChI=1S/C14H24N4S/c1-3-6-12-16-13(18-15)10(2)14(17-12)19-9-11-7-4-5-8-11/h11H,3-9,15H2,1-2H3,(H,16,17,18). The highest BCUT2D eigenvalue weighted by atomic mass is 32.2. The van der Waals surface area contributed by atoms with Crippen molar-refractivity contribution in [3.8, 4) is 0 Å². The van der Waals surface area contributed by atoms with Gasteiger partial charge in [0.2, 0.25) is 0 Å². The molecule has 0 amide bonds. The average Bonchev–Trinajstić information content (AvgIpc) is 2.92. The lowest BCUT2D eigenvalue weighted by atomic mass is 10.1. The van der Waals surface area contributed by atoms with E-state index < -0.39 is 0 Å². The van der Waals surface area contributed by atoms with Crippen molar-refractivity contribution in [1.29, 1.82) is 0 Å². The summed E-state index contributed by atoms with van der Waals surface area (Å²) in [5.74, 6) is 9.26. The maximum atomic E-state index is 5.55. The van der Waals surface area contributed by atoms with Crippen LogP contribution in [0, 0.1) is 12.8 Å². The van der Waals surface area contributed by atoms with Crippen LogP contribution in [0.1, 0.15) is 50.4 Å². The molecule has 1 fully saturated rings. The number of hydrogen-bond acceptors (Lipinski definition) is 5. The van der Waals surface area contributed by atoms with Crippen molar-refractivity contribution >= 4 is 17.6 Å². The quantitative estimate of drug-likeness (QED) is 0.362. The Morgan fingerprint density at radius 2 is 2.05 bits per heavy atom. The molecule has 0 radical (unpaired) electrons. The lowest BCUT2D eigenvalue weighted by Crippen LogP contribution is -2.13. The minimum atomic E-state index is 0.771. The fourth-order valence-corrected chi connectivity index (χ4v) is 3.74. The average molecular weight is 280 g/mol. The van der Waals surface area contributed by atoms with Gasteiger partial charge < -0.3 is 5.43 Å². The van der Waals surface area contributed by atoms with Crippen LogP contribution in [-0.4, -0.2) is 15.7 Å². The van der Waals surface area contributed by atoms with Gasteiger partial charge in [-0.25, -0.2) is 15.8 Å². The predicted octanol–water partition coefficient (Wildman–Crippen LogP) is 3.31. The van der Waals surface area contributed by atoms with Crippen LogP contribution in [0.5, 0.6) is 0 Å². The van der Waals surface area contributed by atoms with Gasteiger partial charge in [-0.2, -0.15) is 0 Å². The SMILES string of the molecule is CCCc1nc(NN)c(C)c(SCC2CCCC2)n1. The van der Waals surface area contributed by atoms with Gasteiger partial charge in [0, 0.05) is 17.7 Å². The monoisotopic (exact) mass is 280 g/mol. The van der Waals surface area contributed by atoms with Crippen LogP contribution in [-0.2, 0) is 6.42 Å². The minimum absolute atomic E-state index is 0.771. The zero-order valence-corrected chi connectivity index (χ0v) is 12.7. The molecule has 1 heterocycles. The first kappa shape index (κ1) is 14.6. The van der Waals surface area contributed by atoms with E-state index in [-0.39, 0.29) is 0 Å². The molecule has 5 heteroatoms. The number of nitrogens with zero attached hydrogens (tertiary/aromatic N) is 2. The molecule has 0 bridgehead atoms. The van der Waals surface area contributed by atoms with Gasteiger partial charge in [0.1, 0.15) is 16.7 Å². The van der Waals surface area contributed by atoms with E-state index in [0.717, 1.165) is 41.0 Å². The van der Waals surface area contributed by atoms with E-state index in [9.17, 15) is 0 Å². The Morgan fingerprint density at radius 3 is 2.68 bits per heavy atom. The number of aromatic nitrogens is 2. The molecular formula is C14H24N4S. The summed E-state index contributed by atoms with van der Waals surface area (Å²) in [5.41, 5.74) is 3.77. The molecule has 0 atom stereocenters. The highest BCUT2D eigenvalue weighted by Crippen LogP contribution is 2.32. The molecular weight excluding hydrogens is 256 g/mol. The number of anilines is 1. The fraction of sp³-hybridized carbons (Fsp3) is 0.714. The lowest BCUT2D eigenvalue weighted by molar-refractivity contribution is 0.622. The summed E-state index contributed by atoms with van der Waals surface area (Å²) >= 11 is 1.87. The van der Waals surface area contributed by atoms with E-state index >= 15 is 0 Å². The Morgan fingerprint density at radius 1 is 1.32 bits per heavy atom. The van der Waals surface area contributed by atoms with Crippen LogP contribution in [0.2, 0.25) is 0 Å². The second kappa shape index (κ2) is 7.10. The van der Waals surface area contributed by atoms with Crippen molar-refractivity contribution < 1.29 is 0 Å². The highest BCUT2D eigenvalue weighted by Gasteiger charge is 2.17. The molecule has 1 saturated carbocycles. The summed E-state index contributed by atoms with van der Waals surface area (Å²) in [7, 11) is 0. The largest absolute Gasteiger partial charge is 0.308 e. The molecule has 2 rings (SSSR count). The van der Waals surface area contributed by atoms with Gasteiger partial charge in [0.25, 0.3) is 0 Å². The van der Waals surface area contributed by atoms with Crippen LogP contribution in [0.15, 0.2) is 5.03 Å². The number of thioether (sulfide) groups is 1. The summed E-state index contributed by atoms with van der Waals surface area (Å²) in [4.78, 5) is 9.15. The van der Waals surface area contributed by atoms with Gasteiger partial charge >= 0.3 is 0 Å². The van der Waals surface area contributed by atoms with Crippen LogP contribution < -0.4 is 11.3 Å². The number of rotatable bonds is 6. The second-order valence-corrected chi connectivity index (χ2v) is 6.28. The van der Waals surface area contributed by atoms with Crippen molar-refractivity contribution in [3.63, 3.8) is 0 Å². The summed E-state index contributed by atoms with van der Waals surface area (Å²) in [6, 6.07) is 0. The summed E-state index contributed by atoms with van der Waals surface area (Å²) in [5, 5.41) is 1.10. The maximum absolute atomic E-state index is 5.55. The Balaban J connectivity index is 2.09. The summed E-state index contributed by atoms with van der Waals surface area (Å²) < 4.78 is 0. The van der Waals surface area contributed by atoms with E-state index in [1.54, 1.807) is 0 Å². The Hall–Kier alpha value is -0.810. The first-order valence-corrected chi connectivity index (χ1v) is 8.20. The molecule has 0 aliphatic heterocycles. The molecule has 19 heavy (non-hydrogen) atoms. The van der Waals surface area contributed by atoms with E-state index in [1.807, 2.05) is 18.7 Å². The van der Waals surface area contributed by atoms with Crippen LogP contribution in [0.4, 0.5) is 5.82 Å². The van der Waals surface area contributed by atoms with E-state index in [4.69, 9.17) is 5.84 Å². The van der Waals surface area contributed by atoms with Crippen LogP contribution >= 0.6 is 11.8 Å². The molecule has 3 N–H and O–H groups in total. The summed E-state index contributed by atoms with van der Waals surface area (Å²) in [6.45, 7) is 4.19. The fourth-order valence-electron chi connectivity index (χ4n) is 2.53. The normalized spacial score (nSPS) is 15.9. The van der Waals surface area contributed by atoms with E-state index in [2.05, 4.69) is 22.3 Å². The minimum Gasteiger partial charge on any atom is -0.308 e. The second-order valence-electron chi connectivity index (χ2n) is 5.27. The molecule has 0 aromatic carbocycles. The molecule has 0 saturated heterocycles. The first-order valence-electron chi connectivity index (χ1n) is 7.21. The number of aryl methyl sites for hydroxylation is 1.